The molecule has 6 nitrogen and oxygen atoms in total. The summed E-state index contributed by atoms with van der Waals surface area (Å²) in [7, 11) is 3.17. The Morgan fingerprint density at radius 2 is 1.79 bits per heavy atom. The van der Waals surface area contributed by atoms with E-state index in [2.05, 4.69) is 10.3 Å². The Balaban J connectivity index is 1.62. The van der Waals surface area contributed by atoms with Crippen LogP contribution in [0.3, 0.4) is 0 Å². The van der Waals surface area contributed by atoms with Gasteiger partial charge in [0.2, 0.25) is 0 Å². The fourth-order valence-electron chi connectivity index (χ4n) is 3.07. The summed E-state index contributed by atoms with van der Waals surface area (Å²) in [5.74, 6) is 2.60. The molecule has 0 amide bonds. The molecule has 1 unspecified atom stereocenters. The van der Waals surface area contributed by atoms with Crippen molar-refractivity contribution in [2.75, 3.05) is 26.1 Å². The molecule has 0 aliphatic heterocycles. The number of para-hydroxylation sites is 1. The van der Waals surface area contributed by atoms with Gasteiger partial charge < -0.3 is 19.9 Å². The quantitative estimate of drug-likeness (QED) is 0.469. The summed E-state index contributed by atoms with van der Waals surface area (Å²) >= 11 is 1.60. The molecular formula is C22H21N3O3S. The largest absolute Gasteiger partial charge is 0.497 e. The monoisotopic (exact) mass is 407 g/mol. The highest BCUT2D eigenvalue weighted by Crippen LogP contribution is 2.29. The van der Waals surface area contributed by atoms with Crippen LogP contribution in [0.4, 0.5) is 5.82 Å². The van der Waals surface area contributed by atoms with E-state index in [1.807, 2.05) is 41.1 Å². The second-order valence-corrected chi connectivity index (χ2v) is 7.25. The van der Waals surface area contributed by atoms with Gasteiger partial charge in [-0.15, -0.1) is 0 Å². The van der Waals surface area contributed by atoms with Crippen LogP contribution in [0.25, 0.3) is 22.3 Å². The molecule has 0 spiro atoms. The minimum absolute atomic E-state index is 0.278. The van der Waals surface area contributed by atoms with E-state index in [4.69, 9.17) is 14.5 Å². The lowest BCUT2D eigenvalue weighted by Crippen LogP contribution is -2.14. The van der Waals surface area contributed by atoms with Crippen molar-refractivity contribution in [2.45, 2.75) is 6.10 Å². The van der Waals surface area contributed by atoms with Gasteiger partial charge in [0, 0.05) is 28.9 Å². The number of aliphatic hydroxyl groups excluding tert-OH is 1. The second kappa shape index (κ2) is 8.46. The summed E-state index contributed by atoms with van der Waals surface area (Å²) in [6.45, 7) is 0.278. The van der Waals surface area contributed by atoms with E-state index >= 15 is 0 Å². The van der Waals surface area contributed by atoms with E-state index in [1.54, 1.807) is 43.8 Å². The number of methoxy groups -OCH3 is 2. The van der Waals surface area contributed by atoms with Gasteiger partial charge in [0.1, 0.15) is 17.3 Å². The van der Waals surface area contributed by atoms with Gasteiger partial charge in [0.05, 0.1) is 25.8 Å². The molecular weight excluding hydrogens is 386 g/mol. The first kappa shape index (κ1) is 19.2. The second-order valence-electron chi connectivity index (χ2n) is 6.47. The molecule has 0 saturated carbocycles. The first-order chi connectivity index (χ1) is 14.2. The maximum absolute atomic E-state index is 10.7. The average molecular weight is 407 g/mol. The van der Waals surface area contributed by atoms with Gasteiger partial charge in [-0.05, 0) is 41.3 Å². The maximum atomic E-state index is 10.7. The van der Waals surface area contributed by atoms with Gasteiger partial charge in [-0.2, -0.15) is 11.3 Å². The Morgan fingerprint density at radius 1 is 1.03 bits per heavy atom. The van der Waals surface area contributed by atoms with Crippen molar-refractivity contribution >= 4 is 28.1 Å². The molecule has 2 heterocycles. The molecule has 0 aliphatic rings. The summed E-state index contributed by atoms with van der Waals surface area (Å²) < 4.78 is 10.6. The summed E-state index contributed by atoms with van der Waals surface area (Å²) in [4.78, 5) is 9.37. The number of aromatic nitrogens is 2. The Kier molecular flexibility index (Phi) is 5.59. The third-order valence-electron chi connectivity index (χ3n) is 4.60. The third-order valence-corrected chi connectivity index (χ3v) is 5.29. The predicted octanol–water partition coefficient (Wildman–Crippen LogP) is 4.52. The first-order valence-corrected chi connectivity index (χ1v) is 10.1. The highest BCUT2D eigenvalue weighted by molar-refractivity contribution is 7.08. The molecule has 2 N–H and O–H groups in total. The number of hydrogen-bond acceptors (Lipinski definition) is 7. The Labute approximate surface area is 172 Å². The van der Waals surface area contributed by atoms with E-state index < -0.39 is 6.10 Å². The van der Waals surface area contributed by atoms with Gasteiger partial charge in [-0.25, -0.2) is 9.97 Å². The topological polar surface area (TPSA) is 76.5 Å². The zero-order valence-electron chi connectivity index (χ0n) is 16.1. The zero-order chi connectivity index (χ0) is 20.2. The van der Waals surface area contributed by atoms with Crippen LogP contribution >= 0.6 is 11.3 Å². The van der Waals surface area contributed by atoms with Crippen LogP contribution < -0.4 is 14.8 Å². The minimum atomic E-state index is -0.766. The molecule has 0 saturated heterocycles. The molecule has 148 valence electrons. The number of nitrogens with one attached hydrogen (secondary N) is 1. The summed E-state index contributed by atoms with van der Waals surface area (Å²) in [5, 5.41) is 18.9. The molecule has 0 bridgehead atoms. The molecule has 2 aromatic carbocycles. The van der Waals surface area contributed by atoms with Crippen LogP contribution in [0.5, 0.6) is 11.5 Å². The third kappa shape index (κ3) is 4.16. The number of rotatable bonds is 7. The molecule has 4 aromatic rings. The Bertz CT molecular complexity index is 1090. The van der Waals surface area contributed by atoms with Crippen LogP contribution in [0.2, 0.25) is 0 Å². The maximum Gasteiger partial charge on any atom is 0.162 e. The molecule has 7 heteroatoms. The van der Waals surface area contributed by atoms with Crippen molar-refractivity contribution in [1.29, 1.82) is 0 Å². The van der Waals surface area contributed by atoms with Crippen LogP contribution in [0.1, 0.15) is 11.7 Å². The normalized spacial score (nSPS) is 12.0. The molecule has 0 radical (unpaired) electrons. The highest BCUT2D eigenvalue weighted by Gasteiger charge is 2.14. The van der Waals surface area contributed by atoms with Gasteiger partial charge in [0.25, 0.3) is 0 Å². The van der Waals surface area contributed by atoms with Gasteiger partial charge in [-0.3, -0.25) is 0 Å². The predicted molar refractivity (Wildman–Crippen MR) is 116 cm³/mol. The van der Waals surface area contributed by atoms with Crippen LogP contribution in [-0.2, 0) is 0 Å². The van der Waals surface area contributed by atoms with E-state index in [1.165, 1.54) is 0 Å². The number of thiophene rings is 1. The van der Waals surface area contributed by atoms with Crippen molar-refractivity contribution in [3.8, 4) is 22.9 Å². The summed E-state index contributed by atoms with van der Waals surface area (Å²) in [6, 6.07) is 15.2. The lowest BCUT2D eigenvalue weighted by atomic mass is 10.1. The van der Waals surface area contributed by atoms with Crippen molar-refractivity contribution in [2.24, 2.45) is 0 Å². The lowest BCUT2D eigenvalue weighted by molar-refractivity contribution is 0.190. The molecule has 29 heavy (non-hydrogen) atoms. The van der Waals surface area contributed by atoms with E-state index in [-0.39, 0.29) is 6.54 Å². The van der Waals surface area contributed by atoms with Crippen LogP contribution in [0, 0.1) is 0 Å². The van der Waals surface area contributed by atoms with Gasteiger partial charge in [-0.1, -0.05) is 12.1 Å². The van der Waals surface area contributed by atoms with Gasteiger partial charge in [0.15, 0.2) is 5.82 Å². The van der Waals surface area contributed by atoms with Crippen molar-refractivity contribution in [3.63, 3.8) is 0 Å². The van der Waals surface area contributed by atoms with E-state index in [9.17, 15) is 5.11 Å². The molecule has 1 atom stereocenters. The Hall–Kier alpha value is -3.16. The first-order valence-electron chi connectivity index (χ1n) is 9.12. The number of fused-ring (bicyclic) bond motifs is 1. The number of ether oxygens (including phenoxy) is 2. The molecule has 0 fully saturated rings. The number of anilines is 1. The standard InChI is InChI=1S/C22H21N3O3S/c1-27-16-9-15(10-17(11-16)28-2)20(26)12-23-22-18-5-3-4-6-19(18)24-21(25-22)14-7-8-29-13-14/h3-11,13,20,26H,12H2,1-2H3,(H,23,24,25). The zero-order valence-corrected chi connectivity index (χ0v) is 16.9. The SMILES string of the molecule is COc1cc(OC)cc(C(O)CNc2nc(-c3ccsc3)nc3ccccc23)c1. The number of aliphatic hydroxyl groups is 1. The number of nitrogens with zero attached hydrogens (tertiary/aromatic N) is 2. The fraction of sp³-hybridized carbons (Fsp3) is 0.182. The van der Waals surface area contributed by atoms with Crippen molar-refractivity contribution < 1.29 is 14.6 Å². The van der Waals surface area contributed by atoms with E-state index in [0.29, 0.717) is 28.7 Å². The highest BCUT2D eigenvalue weighted by atomic mass is 32.1. The van der Waals surface area contributed by atoms with E-state index in [0.717, 1.165) is 16.5 Å². The minimum Gasteiger partial charge on any atom is -0.497 e. The smallest absolute Gasteiger partial charge is 0.162 e. The van der Waals surface area contributed by atoms with Crippen LogP contribution in [-0.4, -0.2) is 35.8 Å². The average Bonchev–Trinajstić information content (AvgIpc) is 3.31. The summed E-state index contributed by atoms with van der Waals surface area (Å²) in [5.41, 5.74) is 2.52. The molecule has 4 rings (SSSR count). The van der Waals surface area contributed by atoms with Crippen molar-refractivity contribution in [1.82, 2.24) is 9.97 Å². The van der Waals surface area contributed by atoms with Crippen LogP contribution in [0.15, 0.2) is 59.3 Å². The number of hydrogen-bond donors (Lipinski definition) is 2. The molecule has 0 aliphatic carbocycles. The lowest BCUT2D eigenvalue weighted by Gasteiger charge is -2.16. The van der Waals surface area contributed by atoms with Crippen molar-refractivity contribution in [3.05, 3.63) is 64.9 Å². The number of benzene rings is 2. The Morgan fingerprint density at radius 3 is 2.48 bits per heavy atom. The fourth-order valence-corrected chi connectivity index (χ4v) is 3.70. The summed E-state index contributed by atoms with van der Waals surface area (Å²) in [6.07, 6.45) is -0.766. The molecule has 2 aromatic heterocycles. The van der Waals surface area contributed by atoms with Gasteiger partial charge >= 0.3 is 0 Å².